The van der Waals surface area contributed by atoms with Gasteiger partial charge in [-0.1, -0.05) is 29.4 Å². The molecule has 0 radical (unpaired) electrons. The molecule has 1 atom stereocenters. The van der Waals surface area contributed by atoms with Crippen molar-refractivity contribution >= 4 is 0 Å². The van der Waals surface area contributed by atoms with Crippen LogP contribution in [0.1, 0.15) is 28.9 Å². The summed E-state index contributed by atoms with van der Waals surface area (Å²) in [6, 6.07) is 14.1. The first-order chi connectivity index (χ1) is 12.3. The van der Waals surface area contributed by atoms with Gasteiger partial charge in [0.2, 0.25) is 11.7 Å². The number of aromatic nitrogens is 2. The number of rotatable bonds is 5. The Morgan fingerprint density at radius 2 is 1.96 bits per heavy atom. The van der Waals surface area contributed by atoms with Crippen molar-refractivity contribution in [1.29, 1.82) is 0 Å². The molecule has 0 aliphatic carbocycles. The van der Waals surface area contributed by atoms with Crippen LogP contribution in [-0.2, 0) is 24.2 Å². The summed E-state index contributed by atoms with van der Waals surface area (Å²) < 4.78 is 29.6. The number of benzene rings is 2. The van der Waals surface area contributed by atoms with Gasteiger partial charge in [0.05, 0.1) is 19.1 Å². The fourth-order valence-electron chi connectivity index (χ4n) is 2.91. The average Bonchev–Trinajstić information content (AvgIpc) is 3.09. The third kappa shape index (κ3) is 3.69. The summed E-state index contributed by atoms with van der Waals surface area (Å²) in [5, 5.41) is 3.93. The minimum atomic E-state index is -0.304. The molecule has 1 aromatic heterocycles. The molecule has 25 heavy (non-hydrogen) atoms. The van der Waals surface area contributed by atoms with Crippen LogP contribution in [0.2, 0.25) is 0 Å². The predicted molar refractivity (Wildman–Crippen MR) is 87.6 cm³/mol. The first kappa shape index (κ1) is 15.8. The minimum absolute atomic E-state index is 0.0729. The first-order valence-electron chi connectivity index (χ1n) is 8.17. The number of halogens is 1. The smallest absolute Gasteiger partial charge is 0.229 e. The Morgan fingerprint density at radius 3 is 2.84 bits per heavy atom. The maximum absolute atomic E-state index is 12.9. The van der Waals surface area contributed by atoms with Crippen LogP contribution in [0.5, 0.6) is 5.75 Å². The van der Waals surface area contributed by atoms with Crippen LogP contribution in [-0.4, -0.2) is 16.7 Å². The predicted octanol–water partition coefficient (Wildman–Crippen LogP) is 3.64. The molecule has 128 valence electrons. The number of nitrogens with zero attached hydrogens (tertiary/aromatic N) is 2. The molecule has 0 amide bonds. The Morgan fingerprint density at radius 1 is 1.12 bits per heavy atom. The maximum Gasteiger partial charge on any atom is 0.229 e. The van der Waals surface area contributed by atoms with Crippen molar-refractivity contribution in [2.45, 2.75) is 25.6 Å². The molecular formula is C19H17FN2O3. The van der Waals surface area contributed by atoms with Crippen LogP contribution in [0.15, 0.2) is 53.1 Å². The highest BCUT2D eigenvalue weighted by molar-refractivity contribution is 5.31. The molecule has 3 aromatic rings. The van der Waals surface area contributed by atoms with Gasteiger partial charge in [-0.05, 0) is 41.8 Å². The normalized spacial score (nSPS) is 16.4. The summed E-state index contributed by atoms with van der Waals surface area (Å²) in [6.45, 7) is 0.855. The Hall–Kier alpha value is -2.73. The van der Waals surface area contributed by atoms with E-state index in [1.807, 2.05) is 12.1 Å². The molecule has 6 heteroatoms. The molecule has 0 fully saturated rings. The molecule has 1 aliphatic heterocycles. The number of fused-ring (bicyclic) bond motifs is 1. The van der Waals surface area contributed by atoms with Crippen molar-refractivity contribution in [1.82, 2.24) is 10.1 Å². The van der Waals surface area contributed by atoms with E-state index in [1.54, 1.807) is 12.1 Å². The number of hydrogen-bond acceptors (Lipinski definition) is 5. The molecule has 4 rings (SSSR count). The molecular weight excluding hydrogens is 323 g/mol. The third-order valence-electron chi connectivity index (χ3n) is 4.14. The van der Waals surface area contributed by atoms with Gasteiger partial charge in [0, 0.05) is 0 Å². The van der Waals surface area contributed by atoms with Gasteiger partial charge in [0.25, 0.3) is 0 Å². The van der Waals surface area contributed by atoms with Crippen LogP contribution >= 0.6 is 0 Å². The summed E-state index contributed by atoms with van der Waals surface area (Å²) in [6.07, 6.45) is 1.38. The molecule has 0 saturated heterocycles. The van der Waals surface area contributed by atoms with Crippen molar-refractivity contribution in [3.8, 4) is 5.75 Å². The van der Waals surface area contributed by atoms with Gasteiger partial charge in [-0.2, -0.15) is 4.98 Å². The lowest BCUT2D eigenvalue weighted by Crippen LogP contribution is -2.18. The lowest BCUT2D eigenvalue weighted by atomic mass is 9.96. The Balaban J connectivity index is 1.39. The molecule has 0 unspecified atom stereocenters. The second-order valence-corrected chi connectivity index (χ2v) is 5.86. The van der Waals surface area contributed by atoms with Crippen LogP contribution in [0, 0.1) is 5.82 Å². The van der Waals surface area contributed by atoms with Gasteiger partial charge in [0.15, 0.2) is 6.61 Å². The SMILES string of the molecule is Fc1ccc(OCc2noc(C[C@H]3OCCc4ccccc43)n2)cc1. The van der Waals surface area contributed by atoms with Crippen LogP contribution < -0.4 is 4.74 Å². The highest BCUT2D eigenvalue weighted by Crippen LogP contribution is 2.29. The Bertz CT molecular complexity index is 848. The van der Waals surface area contributed by atoms with Crippen molar-refractivity contribution in [2.24, 2.45) is 0 Å². The van der Waals surface area contributed by atoms with Gasteiger partial charge in [-0.25, -0.2) is 4.39 Å². The van der Waals surface area contributed by atoms with E-state index in [-0.39, 0.29) is 18.5 Å². The highest BCUT2D eigenvalue weighted by Gasteiger charge is 2.23. The van der Waals surface area contributed by atoms with E-state index in [4.69, 9.17) is 14.0 Å². The average molecular weight is 340 g/mol. The lowest BCUT2D eigenvalue weighted by molar-refractivity contribution is 0.0375. The van der Waals surface area contributed by atoms with Gasteiger partial charge in [0.1, 0.15) is 11.6 Å². The molecule has 5 nitrogen and oxygen atoms in total. The largest absolute Gasteiger partial charge is 0.485 e. The van der Waals surface area contributed by atoms with Crippen molar-refractivity contribution < 1.29 is 18.4 Å². The van der Waals surface area contributed by atoms with Gasteiger partial charge in [-0.3, -0.25) is 0 Å². The first-order valence-corrected chi connectivity index (χ1v) is 8.17. The molecule has 2 heterocycles. The summed E-state index contributed by atoms with van der Waals surface area (Å²) in [5.74, 6) is 1.21. The molecule has 2 aromatic carbocycles. The molecule has 0 bridgehead atoms. The third-order valence-corrected chi connectivity index (χ3v) is 4.14. The topological polar surface area (TPSA) is 57.4 Å². The summed E-state index contributed by atoms with van der Waals surface area (Å²) in [4.78, 5) is 4.35. The Labute approximate surface area is 144 Å². The van der Waals surface area contributed by atoms with Crippen LogP contribution in [0.4, 0.5) is 4.39 Å². The van der Waals surface area contributed by atoms with Crippen LogP contribution in [0.3, 0.4) is 0 Å². The number of hydrogen-bond donors (Lipinski definition) is 0. The molecule has 0 N–H and O–H groups in total. The monoisotopic (exact) mass is 340 g/mol. The zero-order valence-electron chi connectivity index (χ0n) is 13.5. The van der Waals surface area contributed by atoms with E-state index in [0.29, 0.717) is 30.5 Å². The zero-order chi connectivity index (χ0) is 17.1. The maximum atomic E-state index is 12.9. The standard InChI is InChI=1S/C19H17FN2O3/c20-14-5-7-15(8-6-14)24-12-18-21-19(25-22-18)11-17-16-4-2-1-3-13(16)9-10-23-17/h1-8,17H,9-12H2/t17-/m1/s1. The van der Waals surface area contributed by atoms with Crippen molar-refractivity contribution in [3.63, 3.8) is 0 Å². The minimum Gasteiger partial charge on any atom is -0.485 e. The van der Waals surface area contributed by atoms with E-state index in [0.717, 1.165) is 6.42 Å². The second kappa shape index (κ2) is 7.03. The summed E-state index contributed by atoms with van der Waals surface area (Å²) in [5.41, 5.74) is 2.48. The fraction of sp³-hybridized carbons (Fsp3) is 0.263. The van der Waals surface area contributed by atoms with E-state index in [1.165, 1.54) is 23.3 Å². The van der Waals surface area contributed by atoms with Gasteiger partial charge >= 0.3 is 0 Å². The number of ether oxygens (including phenoxy) is 2. The van der Waals surface area contributed by atoms with E-state index < -0.39 is 0 Å². The van der Waals surface area contributed by atoms with Crippen molar-refractivity contribution in [3.05, 3.63) is 77.2 Å². The van der Waals surface area contributed by atoms with Crippen LogP contribution in [0.25, 0.3) is 0 Å². The van der Waals surface area contributed by atoms with E-state index in [2.05, 4.69) is 22.3 Å². The second-order valence-electron chi connectivity index (χ2n) is 5.86. The van der Waals surface area contributed by atoms with E-state index in [9.17, 15) is 4.39 Å². The van der Waals surface area contributed by atoms with Gasteiger partial charge < -0.3 is 14.0 Å². The molecule has 0 saturated carbocycles. The Kier molecular flexibility index (Phi) is 4.43. The van der Waals surface area contributed by atoms with Gasteiger partial charge in [-0.15, -0.1) is 0 Å². The van der Waals surface area contributed by atoms with E-state index >= 15 is 0 Å². The summed E-state index contributed by atoms with van der Waals surface area (Å²) >= 11 is 0. The summed E-state index contributed by atoms with van der Waals surface area (Å²) in [7, 11) is 0. The molecule has 1 aliphatic rings. The fourth-order valence-corrected chi connectivity index (χ4v) is 2.91. The zero-order valence-corrected chi connectivity index (χ0v) is 13.5. The highest BCUT2D eigenvalue weighted by atomic mass is 19.1. The molecule has 0 spiro atoms. The van der Waals surface area contributed by atoms with Crippen molar-refractivity contribution in [2.75, 3.05) is 6.61 Å². The quantitative estimate of drug-likeness (QED) is 0.710. The lowest BCUT2D eigenvalue weighted by Gasteiger charge is -2.24.